The molecule has 0 unspecified atom stereocenters. The van der Waals surface area contributed by atoms with E-state index in [0.717, 1.165) is 19.5 Å². The second kappa shape index (κ2) is 5.66. The van der Waals surface area contributed by atoms with Crippen molar-refractivity contribution in [3.05, 3.63) is 0 Å². The van der Waals surface area contributed by atoms with E-state index >= 15 is 0 Å². The van der Waals surface area contributed by atoms with Gasteiger partial charge in [-0.05, 0) is 12.3 Å². The molecule has 0 rings (SSSR count). The first-order valence-electron chi connectivity index (χ1n) is 3.83. The maximum absolute atomic E-state index is 4.73. The van der Waals surface area contributed by atoms with Gasteiger partial charge >= 0.3 is 0 Å². The Balaban J connectivity index is 3.49. The van der Waals surface area contributed by atoms with Crippen molar-refractivity contribution in [2.75, 3.05) is 13.1 Å². The summed E-state index contributed by atoms with van der Waals surface area (Å²) in [4.78, 5) is 2.07. The molecule has 0 aliphatic heterocycles. The van der Waals surface area contributed by atoms with Crippen LogP contribution in [0.3, 0.4) is 0 Å². The highest BCUT2D eigenvalue weighted by atomic mass is 32.1. The Morgan fingerprint density at radius 3 is 2.40 bits per heavy atom. The molecule has 0 aliphatic rings. The predicted octanol–water partition coefficient (Wildman–Crippen LogP) is 2.19. The van der Waals surface area contributed by atoms with Crippen molar-refractivity contribution in [3.63, 3.8) is 0 Å². The zero-order valence-corrected chi connectivity index (χ0v) is 7.87. The first-order valence-corrected chi connectivity index (χ1v) is 4.24. The Morgan fingerprint density at radius 2 is 2.10 bits per heavy atom. The van der Waals surface area contributed by atoms with Crippen LogP contribution in [0, 0.1) is 5.92 Å². The van der Waals surface area contributed by atoms with Crippen LogP contribution in [-0.4, -0.2) is 23.5 Å². The quantitative estimate of drug-likeness (QED) is 0.446. The van der Waals surface area contributed by atoms with Crippen molar-refractivity contribution >= 4 is 17.7 Å². The largest absolute Gasteiger partial charge is 0.360 e. The van der Waals surface area contributed by atoms with Crippen LogP contribution in [0.4, 0.5) is 0 Å². The summed E-state index contributed by atoms with van der Waals surface area (Å²) in [5.74, 6) is 0.682. The van der Waals surface area contributed by atoms with Crippen molar-refractivity contribution in [3.8, 4) is 0 Å². The SMILES string of the molecule is CCCN([C]=S)CC(C)C. The summed E-state index contributed by atoms with van der Waals surface area (Å²) in [6.07, 6.45) is 1.15. The lowest BCUT2D eigenvalue weighted by atomic mass is 10.2. The summed E-state index contributed by atoms with van der Waals surface area (Å²) in [7, 11) is 0. The molecule has 1 radical (unpaired) electrons. The second-order valence-electron chi connectivity index (χ2n) is 2.93. The van der Waals surface area contributed by atoms with Crippen LogP contribution in [0.5, 0.6) is 0 Å². The van der Waals surface area contributed by atoms with E-state index in [4.69, 9.17) is 12.2 Å². The smallest absolute Gasteiger partial charge is 0.136 e. The second-order valence-corrected chi connectivity index (χ2v) is 3.11. The van der Waals surface area contributed by atoms with Crippen molar-refractivity contribution in [1.82, 2.24) is 4.90 Å². The normalized spacial score (nSPS) is 10.0. The molecule has 0 atom stereocenters. The van der Waals surface area contributed by atoms with E-state index in [2.05, 4.69) is 31.2 Å². The summed E-state index contributed by atoms with van der Waals surface area (Å²) in [5, 5.41) is 0. The Bertz CT molecular complexity index is 91.3. The van der Waals surface area contributed by atoms with E-state index in [1.807, 2.05) is 0 Å². The summed E-state index contributed by atoms with van der Waals surface area (Å²) in [5.41, 5.74) is 2.75. The average Bonchev–Trinajstić information content (AvgIpc) is 1.86. The fraction of sp³-hybridized carbons (Fsp3) is 0.875. The Hall–Kier alpha value is -0.110. The summed E-state index contributed by atoms with van der Waals surface area (Å²) < 4.78 is 0. The highest BCUT2D eigenvalue weighted by Crippen LogP contribution is 1.96. The number of hydrogen-bond acceptors (Lipinski definition) is 1. The molecule has 1 nitrogen and oxygen atoms in total. The third-order valence-corrected chi connectivity index (χ3v) is 1.47. The van der Waals surface area contributed by atoms with E-state index in [9.17, 15) is 0 Å². The zero-order chi connectivity index (χ0) is 7.98. The van der Waals surface area contributed by atoms with E-state index in [1.165, 1.54) is 0 Å². The van der Waals surface area contributed by atoms with Crippen molar-refractivity contribution in [2.45, 2.75) is 27.2 Å². The minimum Gasteiger partial charge on any atom is -0.360 e. The maximum atomic E-state index is 4.73. The van der Waals surface area contributed by atoms with Crippen LogP contribution >= 0.6 is 12.2 Å². The standard InChI is InChI=1S/C8H16NS/c1-4-5-9(7-10)6-8(2)3/h8H,4-6H2,1-3H3. The van der Waals surface area contributed by atoms with Crippen molar-refractivity contribution < 1.29 is 0 Å². The van der Waals surface area contributed by atoms with Gasteiger partial charge in [0, 0.05) is 13.1 Å². The van der Waals surface area contributed by atoms with Gasteiger partial charge in [-0.15, -0.1) is 0 Å². The van der Waals surface area contributed by atoms with Gasteiger partial charge < -0.3 is 4.90 Å². The summed E-state index contributed by atoms with van der Waals surface area (Å²) in [6, 6.07) is 0. The molecule has 0 aliphatic carbocycles. The van der Waals surface area contributed by atoms with Gasteiger partial charge in [0.25, 0.3) is 0 Å². The first-order chi connectivity index (χ1) is 4.70. The lowest BCUT2D eigenvalue weighted by Gasteiger charge is -2.18. The Morgan fingerprint density at radius 1 is 1.50 bits per heavy atom. The van der Waals surface area contributed by atoms with Gasteiger partial charge in [0.2, 0.25) is 0 Å². The number of hydrogen-bond donors (Lipinski definition) is 0. The molecule has 59 valence electrons. The minimum atomic E-state index is 0.682. The lowest BCUT2D eigenvalue weighted by Crippen LogP contribution is -2.26. The first kappa shape index (κ1) is 9.89. The third-order valence-electron chi connectivity index (χ3n) is 1.21. The molecule has 0 spiro atoms. The van der Waals surface area contributed by atoms with Gasteiger partial charge in [-0.3, -0.25) is 0 Å². The van der Waals surface area contributed by atoms with Gasteiger partial charge in [0.1, 0.15) is 5.49 Å². The number of nitrogens with zero attached hydrogens (tertiary/aromatic N) is 1. The monoisotopic (exact) mass is 158 g/mol. The third kappa shape index (κ3) is 4.74. The van der Waals surface area contributed by atoms with E-state index in [0.29, 0.717) is 5.92 Å². The Kier molecular flexibility index (Phi) is 5.60. The highest BCUT2D eigenvalue weighted by Gasteiger charge is 2.00. The van der Waals surface area contributed by atoms with Gasteiger partial charge in [0.15, 0.2) is 0 Å². The van der Waals surface area contributed by atoms with Gasteiger partial charge in [-0.2, -0.15) is 0 Å². The molecule has 0 heterocycles. The average molecular weight is 158 g/mol. The molecule has 0 amide bonds. The molecule has 0 bridgehead atoms. The summed E-state index contributed by atoms with van der Waals surface area (Å²) >= 11 is 4.73. The molecule has 0 fully saturated rings. The number of rotatable bonds is 5. The van der Waals surface area contributed by atoms with E-state index in [1.54, 1.807) is 0 Å². The molecule has 0 aromatic carbocycles. The van der Waals surface area contributed by atoms with Crippen LogP contribution in [0.15, 0.2) is 0 Å². The van der Waals surface area contributed by atoms with Gasteiger partial charge in [-0.1, -0.05) is 33.0 Å². The molecule has 0 aromatic heterocycles. The van der Waals surface area contributed by atoms with Crippen LogP contribution in [0.25, 0.3) is 0 Å². The zero-order valence-electron chi connectivity index (χ0n) is 7.05. The van der Waals surface area contributed by atoms with Gasteiger partial charge in [0.05, 0.1) is 0 Å². The molecule has 10 heavy (non-hydrogen) atoms. The fourth-order valence-electron chi connectivity index (χ4n) is 0.885. The molecule has 0 saturated heterocycles. The van der Waals surface area contributed by atoms with E-state index in [-0.39, 0.29) is 0 Å². The fourth-order valence-corrected chi connectivity index (χ4v) is 1.05. The molecule has 0 aromatic rings. The van der Waals surface area contributed by atoms with Crippen LogP contribution < -0.4 is 0 Å². The van der Waals surface area contributed by atoms with E-state index < -0.39 is 0 Å². The topological polar surface area (TPSA) is 3.24 Å². The number of thiocarbonyl (C=S) groups is 1. The predicted molar refractivity (Wildman–Crippen MR) is 49.3 cm³/mol. The Labute approximate surface area is 69.4 Å². The maximum Gasteiger partial charge on any atom is 0.136 e. The molecular formula is C8H16NS. The van der Waals surface area contributed by atoms with Gasteiger partial charge in [-0.25, -0.2) is 0 Å². The molecule has 2 heteroatoms. The molecule has 0 N–H and O–H groups in total. The van der Waals surface area contributed by atoms with Crippen molar-refractivity contribution in [1.29, 1.82) is 0 Å². The van der Waals surface area contributed by atoms with Crippen LogP contribution in [0.1, 0.15) is 27.2 Å². The van der Waals surface area contributed by atoms with Crippen molar-refractivity contribution in [2.24, 2.45) is 5.92 Å². The van der Waals surface area contributed by atoms with Crippen LogP contribution in [-0.2, 0) is 0 Å². The lowest BCUT2D eigenvalue weighted by molar-refractivity contribution is 0.379. The highest BCUT2D eigenvalue weighted by molar-refractivity contribution is 7.78. The summed E-state index contributed by atoms with van der Waals surface area (Å²) in [6.45, 7) is 8.61. The molecule has 0 saturated carbocycles. The molecular weight excluding hydrogens is 142 g/mol. The minimum absolute atomic E-state index is 0.682. The van der Waals surface area contributed by atoms with Crippen LogP contribution in [0.2, 0.25) is 0 Å².